The van der Waals surface area contributed by atoms with Crippen LogP contribution >= 0.6 is 11.6 Å². The highest BCUT2D eigenvalue weighted by atomic mass is 35.5. The van der Waals surface area contributed by atoms with Crippen molar-refractivity contribution in [3.63, 3.8) is 0 Å². The van der Waals surface area contributed by atoms with Crippen molar-refractivity contribution in [2.45, 2.75) is 0 Å². The molecule has 0 heterocycles. The first-order chi connectivity index (χ1) is 10.7. The number of halogens is 1. The average molecular weight is 322 g/mol. The fourth-order valence-electron chi connectivity index (χ4n) is 1.78. The Balaban J connectivity index is 1.91. The van der Waals surface area contributed by atoms with Crippen LogP contribution in [0.2, 0.25) is 5.02 Å². The predicted molar refractivity (Wildman–Crippen MR) is 84.8 cm³/mol. The van der Waals surface area contributed by atoms with Crippen LogP contribution in [0.15, 0.2) is 47.6 Å². The summed E-state index contributed by atoms with van der Waals surface area (Å²) >= 11 is 5.80. The van der Waals surface area contributed by atoms with Crippen LogP contribution in [0.1, 0.15) is 5.56 Å². The standard InChI is InChI=1S/C16H16ClNO4/c1-20-15-5-2-12(11-18-19)16(10-15)22-9-8-21-14-6-3-13(17)4-7-14/h2-7,10-11,19H,8-9H2,1H3. The number of oxime groups is 1. The topological polar surface area (TPSA) is 60.3 Å². The molecule has 22 heavy (non-hydrogen) atoms. The van der Waals surface area contributed by atoms with Gasteiger partial charge in [-0.05, 0) is 36.4 Å². The summed E-state index contributed by atoms with van der Waals surface area (Å²) in [5.41, 5.74) is 0.648. The van der Waals surface area contributed by atoms with Crippen LogP contribution in [0.5, 0.6) is 17.2 Å². The number of hydrogen-bond donors (Lipinski definition) is 1. The van der Waals surface area contributed by atoms with E-state index in [0.717, 1.165) is 5.75 Å². The van der Waals surface area contributed by atoms with Crippen molar-refractivity contribution in [3.05, 3.63) is 53.1 Å². The van der Waals surface area contributed by atoms with E-state index in [0.29, 0.717) is 35.3 Å². The fourth-order valence-corrected chi connectivity index (χ4v) is 1.90. The van der Waals surface area contributed by atoms with Gasteiger partial charge in [0.05, 0.1) is 13.3 Å². The molecule has 0 fully saturated rings. The first-order valence-corrected chi connectivity index (χ1v) is 6.97. The van der Waals surface area contributed by atoms with E-state index in [9.17, 15) is 0 Å². The molecule has 0 atom stereocenters. The third-order valence-corrected chi connectivity index (χ3v) is 3.09. The fraction of sp³-hybridized carbons (Fsp3) is 0.188. The Hall–Kier alpha value is -2.40. The summed E-state index contributed by atoms with van der Waals surface area (Å²) in [6.07, 6.45) is 1.30. The summed E-state index contributed by atoms with van der Waals surface area (Å²) in [5.74, 6) is 1.93. The number of nitrogens with zero attached hydrogens (tertiary/aromatic N) is 1. The molecule has 2 rings (SSSR count). The van der Waals surface area contributed by atoms with E-state index in [1.807, 2.05) is 0 Å². The molecule has 0 saturated heterocycles. The molecular formula is C16H16ClNO4. The lowest BCUT2D eigenvalue weighted by Crippen LogP contribution is -2.10. The third-order valence-electron chi connectivity index (χ3n) is 2.84. The van der Waals surface area contributed by atoms with Gasteiger partial charge in [0, 0.05) is 16.7 Å². The Kier molecular flexibility index (Phi) is 5.91. The third kappa shape index (κ3) is 4.56. The van der Waals surface area contributed by atoms with Crippen molar-refractivity contribution >= 4 is 17.8 Å². The first-order valence-electron chi connectivity index (χ1n) is 6.59. The summed E-state index contributed by atoms with van der Waals surface area (Å²) in [6.45, 7) is 0.705. The second kappa shape index (κ2) is 8.14. The Bertz CT molecular complexity index is 629. The molecule has 0 unspecified atom stereocenters. The second-order valence-electron chi connectivity index (χ2n) is 4.30. The van der Waals surface area contributed by atoms with E-state index in [-0.39, 0.29) is 0 Å². The van der Waals surface area contributed by atoms with Gasteiger partial charge in [-0.25, -0.2) is 0 Å². The Morgan fingerprint density at radius 2 is 1.73 bits per heavy atom. The SMILES string of the molecule is COc1ccc(C=NO)c(OCCOc2ccc(Cl)cc2)c1. The first kappa shape index (κ1) is 16.0. The zero-order valence-corrected chi connectivity index (χ0v) is 12.8. The van der Waals surface area contributed by atoms with Gasteiger partial charge >= 0.3 is 0 Å². The van der Waals surface area contributed by atoms with E-state index in [1.54, 1.807) is 49.6 Å². The molecule has 0 radical (unpaired) electrons. The van der Waals surface area contributed by atoms with E-state index in [1.165, 1.54) is 6.21 Å². The molecule has 0 aliphatic rings. The lowest BCUT2D eigenvalue weighted by Gasteiger charge is -2.11. The zero-order valence-electron chi connectivity index (χ0n) is 12.0. The molecule has 0 aliphatic carbocycles. The number of methoxy groups -OCH3 is 1. The van der Waals surface area contributed by atoms with Gasteiger partial charge in [-0.2, -0.15) is 0 Å². The number of rotatable bonds is 7. The van der Waals surface area contributed by atoms with E-state index < -0.39 is 0 Å². The Morgan fingerprint density at radius 3 is 2.41 bits per heavy atom. The van der Waals surface area contributed by atoms with Crippen molar-refractivity contribution in [1.29, 1.82) is 0 Å². The molecular weight excluding hydrogens is 306 g/mol. The van der Waals surface area contributed by atoms with Crippen LogP contribution in [0.3, 0.4) is 0 Å². The molecule has 0 aliphatic heterocycles. The number of benzene rings is 2. The highest BCUT2D eigenvalue weighted by Gasteiger charge is 2.05. The minimum Gasteiger partial charge on any atom is -0.497 e. The summed E-state index contributed by atoms with van der Waals surface area (Å²) in [6, 6.07) is 12.3. The van der Waals surface area contributed by atoms with Gasteiger partial charge in [0.2, 0.25) is 0 Å². The molecule has 0 spiro atoms. The molecule has 116 valence electrons. The molecule has 0 amide bonds. The lowest BCUT2D eigenvalue weighted by atomic mass is 10.2. The average Bonchev–Trinajstić information content (AvgIpc) is 2.54. The lowest BCUT2D eigenvalue weighted by molar-refractivity contribution is 0.216. The highest BCUT2D eigenvalue weighted by Crippen LogP contribution is 2.23. The number of hydrogen-bond acceptors (Lipinski definition) is 5. The van der Waals surface area contributed by atoms with Gasteiger partial charge < -0.3 is 19.4 Å². The minimum absolute atomic E-state index is 0.335. The summed E-state index contributed by atoms with van der Waals surface area (Å²) < 4.78 is 16.3. The highest BCUT2D eigenvalue weighted by molar-refractivity contribution is 6.30. The van der Waals surface area contributed by atoms with Crippen LogP contribution in [0.4, 0.5) is 0 Å². The van der Waals surface area contributed by atoms with E-state index >= 15 is 0 Å². The molecule has 0 bridgehead atoms. The second-order valence-corrected chi connectivity index (χ2v) is 4.74. The molecule has 1 N–H and O–H groups in total. The normalized spacial score (nSPS) is 10.6. The van der Waals surface area contributed by atoms with Crippen LogP contribution in [-0.4, -0.2) is 31.7 Å². The zero-order chi connectivity index (χ0) is 15.8. The van der Waals surface area contributed by atoms with Crippen molar-refractivity contribution in [2.75, 3.05) is 20.3 Å². The van der Waals surface area contributed by atoms with Gasteiger partial charge in [-0.15, -0.1) is 0 Å². The van der Waals surface area contributed by atoms with Gasteiger partial charge in [0.25, 0.3) is 0 Å². The Labute approximate surface area is 133 Å². The van der Waals surface area contributed by atoms with Gasteiger partial charge in [0.1, 0.15) is 30.5 Å². The van der Waals surface area contributed by atoms with Crippen molar-refractivity contribution in [1.82, 2.24) is 0 Å². The van der Waals surface area contributed by atoms with Crippen LogP contribution in [0, 0.1) is 0 Å². The summed E-state index contributed by atoms with van der Waals surface area (Å²) in [4.78, 5) is 0. The summed E-state index contributed by atoms with van der Waals surface area (Å²) in [5, 5.41) is 12.3. The molecule has 5 nitrogen and oxygen atoms in total. The maximum atomic E-state index is 8.66. The van der Waals surface area contributed by atoms with Crippen LogP contribution < -0.4 is 14.2 Å². The quantitative estimate of drug-likeness (QED) is 0.366. The molecule has 0 saturated carbocycles. The number of ether oxygens (including phenoxy) is 3. The van der Waals surface area contributed by atoms with Gasteiger partial charge in [-0.3, -0.25) is 0 Å². The molecule has 2 aromatic carbocycles. The van der Waals surface area contributed by atoms with Crippen molar-refractivity contribution in [2.24, 2.45) is 5.16 Å². The Morgan fingerprint density at radius 1 is 1.05 bits per heavy atom. The smallest absolute Gasteiger partial charge is 0.132 e. The minimum atomic E-state index is 0.335. The largest absolute Gasteiger partial charge is 0.497 e. The van der Waals surface area contributed by atoms with E-state index in [2.05, 4.69) is 5.16 Å². The maximum Gasteiger partial charge on any atom is 0.132 e. The van der Waals surface area contributed by atoms with Crippen LogP contribution in [0.25, 0.3) is 0 Å². The summed E-state index contributed by atoms with van der Waals surface area (Å²) in [7, 11) is 1.57. The molecule has 2 aromatic rings. The van der Waals surface area contributed by atoms with Crippen molar-refractivity contribution < 1.29 is 19.4 Å². The maximum absolute atomic E-state index is 8.66. The predicted octanol–water partition coefficient (Wildman–Crippen LogP) is 3.61. The van der Waals surface area contributed by atoms with Gasteiger partial charge in [-0.1, -0.05) is 16.8 Å². The van der Waals surface area contributed by atoms with Crippen molar-refractivity contribution in [3.8, 4) is 17.2 Å². The monoisotopic (exact) mass is 321 g/mol. The van der Waals surface area contributed by atoms with E-state index in [4.69, 9.17) is 31.0 Å². The van der Waals surface area contributed by atoms with Crippen LogP contribution in [-0.2, 0) is 0 Å². The van der Waals surface area contributed by atoms with Gasteiger partial charge in [0.15, 0.2) is 0 Å². The molecule has 0 aromatic heterocycles. The molecule has 6 heteroatoms.